The van der Waals surface area contributed by atoms with Gasteiger partial charge in [-0.25, -0.2) is 0 Å². The Morgan fingerprint density at radius 1 is 1.26 bits per heavy atom. The third-order valence-electron chi connectivity index (χ3n) is 4.00. The smallest absolute Gasteiger partial charge is 0.0468 e. The molecule has 1 heterocycles. The van der Waals surface area contributed by atoms with Gasteiger partial charge in [-0.15, -0.1) is 0 Å². The molecule has 1 saturated heterocycles. The number of hydrogen-bond donors (Lipinski definition) is 1. The maximum atomic E-state index is 6.32. The highest BCUT2D eigenvalue weighted by atomic mass is 35.5. The lowest BCUT2D eigenvalue weighted by Gasteiger charge is -2.39. The van der Waals surface area contributed by atoms with E-state index in [1.54, 1.807) is 0 Å². The maximum absolute atomic E-state index is 6.32. The molecule has 0 amide bonds. The van der Waals surface area contributed by atoms with Gasteiger partial charge in [0.25, 0.3) is 0 Å². The monoisotopic (exact) mass is 300 g/mol. The van der Waals surface area contributed by atoms with Crippen molar-refractivity contribution in [1.29, 1.82) is 0 Å². The minimum atomic E-state index is 0.327. The van der Waals surface area contributed by atoms with E-state index >= 15 is 0 Å². The average molecular weight is 301 g/mol. The molecule has 0 aromatic heterocycles. The summed E-state index contributed by atoms with van der Waals surface area (Å²) in [4.78, 5) is 2.50. The van der Waals surface area contributed by atoms with Crippen molar-refractivity contribution in [1.82, 2.24) is 10.2 Å². The highest BCUT2D eigenvalue weighted by Gasteiger charge is 2.26. The van der Waals surface area contributed by atoms with E-state index < -0.39 is 0 Å². The first-order valence-corrected chi connectivity index (χ1v) is 7.67. The molecule has 2 unspecified atom stereocenters. The van der Waals surface area contributed by atoms with Crippen LogP contribution in [0.5, 0.6) is 0 Å². The third-order valence-corrected chi connectivity index (χ3v) is 4.56. The van der Waals surface area contributed by atoms with Crippen LogP contribution in [0.15, 0.2) is 18.2 Å². The Labute approximate surface area is 126 Å². The Hall–Kier alpha value is -0.280. The molecule has 1 aromatic carbocycles. The molecule has 0 bridgehead atoms. The van der Waals surface area contributed by atoms with Crippen LogP contribution in [0.25, 0.3) is 0 Å². The van der Waals surface area contributed by atoms with Gasteiger partial charge in [0.15, 0.2) is 0 Å². The SMILES string of the molecule is CC(C)C1CN(C(C)c2ccc(Cl)cc2Cl)CCN1. The van der Waals surface area contributed by atoms with Crippen LogP contribution in [0, 0.1) is 5.92 Å². The number of halogens is 2. The average Bonchev–Trinajstić information content (AvgIpc) is 2.38. The predicted octanol–water partition coefficient (Wildman–Crippen LogP) is 3.98. The van der Waals surface area contributed by atoms with Gasteiger partial charge in [-0.3, -0.25) is 4.90 Å². The van der Waals surface area contributed by atoms with Crippen molar-refractivity contribution in [2.45, 2.75) is 32.9 Å². The lowest BCUT2D eigenvalue weighted by molar-refractivity contribution is 0.135. The zero-order chi connectivity index (χ0) is 14.0. The Morgan fingerprint density at radius 2 is 2.00 bits per heavy atom. The molecule has 19 heavy (non-hydrogen) atoms. The van der Waals surface area contributed by atoms with Crippen molar-refractivity contribution in [2.24, 2.45) is 5.92 Å². The van der Waals surface area contributed by atoms with Crippen LogP contribution < -0.4 is 5.32 Å². The van der Waals surface area contributed by atoms with E-state index in [0.717, 1.165) is 30.2 Å². The molecule has 2 nitrogen and oxygen atoms in total. The number of nitrogens with one attached hydrogen (secondary N) is 1. The summed E-state index contributed by atoms with van der Waals surface area (Å²) in [5, 5.41) is 5.04. The molecular formula is C15H22Cl2N2. The van der Waals surface area contributed by atoms with Gasteiger partial charge in [0.05, 0.1) is 0 Å². The number of benzene rings is 1. The quantitative estimate of drug-likeness (QED) is 0.908. The van der Waals surface area contributed by atoms with Gasteiger partial charge >= 0.3 is 0 Å². The Kier molecular flexibility index (Phi) is 5.13. The van der Waals surface area contributed by atoms with Gasteiger partial charge < -0.3 is 5.32 Å². The van der Waals surface area contributed by atoms with Gasteiger partial charge in [-0.05, 0) is 30.5 Å². The summed E-state index contributed by atoms with van der Waals surface area (Å²) in [6.45, 7) is 9.92. The van der Waals surface area contributed by atoms with Crippen molar-refractivity contribution in [2.75, 3.05) is 19.6 Å². The minimum absolute atomic E-state index is 0.327. The minimum Gasteiger partial charge on any atom is -0.311 e. The molecule has 1 aromatic rings. The first kappa shape index (κ1) is 15.1. The molecule has 0 aliphatic carbocycles. The van der Waals surface area contributed by atoms with Crippen molar-refractivity contribution in [3.05, 3.63) is 33.8 Å². The Morgan fingerprint density at radius 3 is 2.63 bits per heavy atom. The van der Waals surface area contributed by atoms with E-state index in [-0.39, 0.29) is 0 Å². The molecule has 2 atom stereocenters. The van der Waals surface area contributed by atoms with Crippen molar-refractivity contribution < 1.29 is 0 Å². The molecule has 1 aliphatic heterocycles. The second-order valence-electron chi connectivity index (χ2n) is 5.64. The molecule has 0 spiro atoms. The van der Waals surface area contributed by atoms with Crippen LogP contribution in [0.2, 0.25) is 10.0 Å². The molecule has 4 heteroatoms. The maximum Gasteiger partial charge on any atom is 0.0468 e. The highest BCUT2D eigenvalue weighted by molar-refractivity contribution is 6.35. The fourth-order valence-corrected chi connectivity index (χ4v) is 3.20. The van der Waals surface area contributed by atoms with Gasteiger partial charge in [0, 0.05) is 41.8 Å². The predicted molar refractivity (Wildman–Crippen MR) is 83.1 cm³/mol. The van der Waals surface area contributed by atoms with Crippen LogP contribution in [-0.4, -0.2) is 30.6 Å². The fraction of sp³-hybridized carbons (Fsp3) is 0.600. The summed E-state index contributed by atoms with van der Waals surface area (Å²) >= 11 is 12.3. The van der Waals surface area contributed by atoms with Gasteiger partial charge in [0.1, 0.15) is 0 Å². The number of nitrogens with zero attached hydrogens (tertiary/aromatic N) is 1. The van der Waals surface area contributed by atoms with Crippen LogP contribution in [0.4, 0.5) is 0 Å². The fourth-order valence-electron chi connectivity index (χ4n) is 2.64. The molecule has 0 saturated carbocycles. The number of hydrogen-bond acceptors (Lipinski definition) is 2. The molecule has 1 aliphatic rings. The summed E-state index contributed by atoms with van der Waals surface area (Å²) < 4.78 is 0. The van der Waals surface area contributed by atoms with Gasteiger partial charge in [0.2, 0.25) is 0 Å². The van der Waals surface area contributed by atoms with Gasteiger partial charge in [-0.1, -0.05) is 43.1 Å². The summed E-state index contributed by atoms with van der Waals surface area (Å²) in [6, 6.07) is 6.68. The second kappa shape index (κ2) is 6.45. The van der Waals surface area contributed by atoms with Crippen molar-refractivity contribution in [3.8, 4) is 0 Å². The summed E-state index contributed by atoms with van der Waals surface area (Å²) in [6.07, 6.45) is 0. The van der Waals surface area contributed by atoms with Crippen molar-refractivity contribution >= 4 is 23.2 Å². The number of rotatable bonds is 3. The van der Waals surface area contributed by atoms with E-state index in [9.17, 15) is 0 Å². The summed E-state index contributed by atoms with van der Waals surface area (Å²) in [5.74, 6) is 0.649. The van der Waals surface area contributed by atoms with E-state index in [0.29, 0.717) is 23.0 Å². The van der Waals surface area contributed by atoms with Crippen LogP contribution in [0.3, 0.4) is 0 Å². The normalized spacial score (nSPS) is 22.7. The van der Waals surface area contributed by atoms with Crippen LogP contribution in [-0.2, 0) is 0 Å². The third kappa shape index (κ3) is 3.63. The lowest BCUT2D eigenvalue weighted by atomic mass is 9.99. The van der Waals surface area contributed by atoms with E-state index in [4.69, 9.17) is 23.2 Å². The van der Waals surface area contributed by atoms with Crippen molar-refractivity contribution in [3.63, 3.8) is 0 Å². The highest BCUT2D eigenvalue weighted by Crippen LogP contribution is 2.30. The molecular weight excluding hydrogens is 279 g/mol. The first-order chi connectivity index (χ1) is 8.99. The summed E-state index contributed by atoms with van der Waals surface area (Å²) in [5.41, 5.74) is 1.16. The molecule has 0 radical (unpaired) electrons. The standard InChI is InChI=1S/C15H22Cl2N2/c1-10(2)15-9-19(7-6-18-15)11(3)13-5-4-12(16)8-14(13)17/h4-5,8,10-11,15,18H,6-7,9H2,1-3H3. The zero-order valence-corrected chi connectivity index (χ0v) is 13.3. The number of piperazine rings is 1. The van der Waals surface area contributed by atoms with Crippen LogP contribution >= 0.6 is 23.2 Å². The lowest BCUT2D eigenvalue weighted by Crippen LogP contribution is -2.53. The van der Waals surface area contributed by atoms with E-state index in [1.807, 2.05) is 18.2 Å². The Bertz CT molecular complexity index is 434. The second-order valence-corrected chi connectivity index (χ2v) is 6.49. The molecule has 2 rings (SSSR count). The largest absolute Gasteiger partial charge is 0.311 e. The summed E-state index contributed by atoms with van der Waals surface area (Å²) in [7, 11) is 0. The van der Waals surface area contributed by atoms with E-state index in [2.05, 4.69) is 31.0 Å². The zero-order valence-electron chi connectivity index (χ0n) is 11.8. The van der Waals surface area contributed by atoms with Crippen LogP contribution in [0.1, 0.15) is 32.4 Å². The molecule has 1 fully saturated rings. The van der Waals surface area contributed by atoms with E-state index in [1.165, 1.54) is 0 Å². The topological polar surface area (TPSA) is 15.3 Å². The first-order valence-electron chi connectivity index (χ1n) is 6.91. The molecule has 106 valence electrons. The molecule has 1 N–H and O–H groups in total. The van der Waals surface area contributed by atoms with Gasteiger partial charge in [-0.2, -0.15) is 0 Å². The Balaban J connectivity index is 2.12.